The van der Waals surface area contributed by atoms with E-state index in [0.717, 1.165) is 38.3 Å². The summed E-state index contributed by atoms with van der Waals surface area (Å²) in [6.07, 6.45) is 1.47. The number of hydrogen-bond acceptors (Lipinski definition) is 4. The Hall–Kier alpha value is -2.41. The normalized spacial score (nSPS) is 24.2. The summed E-state index contributed by atoms with van der Waals surface area (Å²) in [6.45, 7) is 4.17. The second kappa shape index (κ2) is 6.72. The maximum atomic E-state index is 12.9. The first kappa shape index (κ1) is 17.0. The molecular formula is C19H24N4O3. The van der Waals surface area contributed by atoms with Gasteiger partial charge in [0.15, 0.2) is 0 Å². The molecule has 3 aliphatic rings. The zero-order valence-electron chi connectivity index (χ0n) is 15.1. The third-order valence-electron chi connectivity index (χ3n) is 5.66. The van der Waals surface area contributed by atoms with Crippen LogP contribution in [0.15, 0.2) is 24.3 Å². The van der Waals surface area contributed by atoms with Gasteiger partial charge in [0.25, 0.3) is 5.91 Å². The molecule has 4 rings (SSSR count). The Morgan fingerprint density at radius 3 is 2.42 bits per heavy atom. The van der Waals surface area contributed by atoms with Crippen LogP contribution in [0.3, 0.4) is 0 Å². The molecule has 3 amide bonds. The van der Waals surface area contributed by atoms with E-state index < -0.39 is 0 Å². The highest BCUT2D eigenvalue weighted by Gasteiger charge is 2.38. The fourth-order valence-corrected chi connectivity index (χ4v) is 4.04. The van der Waals surface area contributed by atoms with Crippen LogP contribution in [0.4, 0.5) is 5.69 Å². The van der Waals surface area contributed by atoms with Crippen LogP contribution < -0.4 is 4.90 Å². The number of fused-ring (bicyclic) bond motifs is 1. The summed E-state index contributed by atoms with van der Waals surface area (Å²) >= 11 is 0. The number of rotatable bonds is 2. The minimum Gasteiger partial charge on any atom is -0.343 e. The molecule has 26 heavy (non-hydrogen) atoms. The number of nitrogens with zero attached hydrogens (tertiary/aromatic N) is 4. The molecule has 0 aliphatic carbocycles. The average molecular weight is 356 g/mol. The molecule has 7 heteroatoms. The molecule has 0 N–H and O–H groups in total. The number of piperazine rings is 2. The maximum Gasteiger partial charge on any atom is 0.253 e. The number of amides is 3. The molecule has 138 valence electrons. The first-order valence-electron chi connectivity index (χ1n) is 9.23. The van der Waals surface area contributed by atoms with E-state index in [1.807, 2.05) is 19.2 Å². The largest absolute Gasteiger partial charge is 0.343 e. The van der Waals surface area contributed by atoms with Gasteiger partial charge in [0.2, 0.25) is 11.8 Å². The van der Waals surface area contributed by atoms with Crippen LogP contribution >= 0.6 is 0 Å². The van der Waals surface area contributed by atoms with Gasteiger partial charge < -0.3 is 14.7 Å². The van der Waals surface area contributed by atoms with Gasteiger partial charge in [-0.15, -0.1) is 0 Å². The first-order chi connectivity index (χ1) is 12.5. The van der Waals surface area contributed by atoms with E-state index >= 15 is 0 Å². The van der Waals surface area contributed by atoms with Crippen molar-refractivity contribution < 1.29 is 14.4 Å². The molecule has 3 fully saturated rings. The topological polar surface area (TPSA) is 64.2 Å². The predicted octanol–water partition coefficient (Wildman–Crippen LogP) is 0.412. The van der Waals surface area contributed by atoms with E-state index in [2.05, 4.69) is 4.90 Å². The highest BCUT2D eigenvalue weighted by atomic mass is 16.2. The number of likely N-dealkylation sites (N-methyl/N-ethyl adjacent to an activating group) is 1. The van der Waals surface area contributed by atoms with Gasteiger partial charge in [-0.3, -0.25) is 19.3 Å². The SMILES string of the molecule is CN1CCN2CCN(C(=O)c3ccc(N4CCCC4=O)cc3)C[C@@H]2C1=O. The summed E-state index contributed by atoms with van der Waals surface area (Å²) < 4.78 is 0. The van der Waals surface area contributed by atoms with E-state index in [1.54, 1.807) is 26.8 Å². The third kappa shape index (κ3) is 2.96. The van der Waals surface area contributed by atoms with Gasteiger partial charge in [0.1, 0.15) is 6.04 Å². The van der Waals surface area contributed by atoms with Crippen LogP contribution in [0.1, 0.15) is 23.2 Å². The summed E-state index contributed by atoms with van der Waals surface area (Å²) in [5.74, 6) is 0.182. The van der Waals surface area contributed by atoms with Crippen molar-refractivity contribution >= 4 is 23.4 Å². The molecule has 3 aliphatic heterocycles. The molecule has 0 bridgehead atoms. The predicted molar refractivity (Wildman–Crippen MR) is 96.9 cm³/mol. The molecule has 1 aromatic carbocycles. The lowest BCUT2D eigenvalue weighted by Gasteiger charge is -2.45. The Morgan fingerprint density at radius 1 is 1.00 bits per heavy atom. The van der Waals surface area contributed by atoms with Crippen molar-refractivity contribution in [3.05, 3.63) is 29.8 Å². The minimum atomic E-state index is -0.229. The van der Waals surface area contributed by atoms with Crippen molar-refractivity contribution in [2.75, 3.05) is 51.2 Å². The van der Waals surface area contributed by atoms with Gasteiger partial charge in [0.05, 0.1) is 0 Å². The molecule has 7 nitrogen and oxygen atoms in total. The van der Waals surface area contributed by atoms with Crippen molar-refractivity contribution in [2.45, 2.75) is 18.9 Å². The summed E-state index contributed by atoms with van der Waals surface area (Å²) in [5, 5.41) is 0. The second-order valence-electron chi connectivity index (χ2n) is 7.26. The maximum absolute atomic E-state index is 12.9. The number of anilines is 1. The van der Waals surface area contributed by atoms with Crippen LogP contribution in [-0.2, 0) is 9.59 Å². The van der Waals surface area contributed by atoms with Gasteiger partial charge in [-0.25, -0.2) is 0 Å². The molecular weight excluding hydrogens is 332 g/mol. The van der Waals surface area contributed by atoms with Gasteiger partial charge in [0, 0.05) is 64.0 Å². The fourth-order valence-electron chi connectivity index (χ4n) is 4.04. The van der Waals surface area contributed by atoms with Crippen molar-refractivity contribution in [3.8, 4) is 0 Å². The summed E-state index contributed by atoms with van der Waals surface area (Å²) in [4.78, 5) is 44.6. The molecule has 0 spiro atoms. The van der Waals surface area contributed by atoms with E-state index in [4.69, 9.17) is 0 Å². The van der Waals surface area contributed by atoms with Gasteiger partial charge >= 0.3 is 0 Å². The Balaban J connectivity index is 1.46. The highest BCUT2D eigenvalue weighted by molar-refractivity contribution is 5.98. The standard InChI is InChI=1S/C19H24N4O3/c1-20-9-10-21-11-12-22(13-16(21)19(20)26)18(25)14-4-6-15(7-5-14)23-8-2-3-17(23)24/h4-7,16H,2-3,8-13H2,1H3/t16-/m1/s1. The Kier molecular flexibility index (Phi) is 4.40. The lowest BCUT2D eigenvalue weighted by atomic mass is 10.1. The summed E-state index contributed by atoms with van der Waals surface area (Å²) in [7, 11) is 1.82. The smallest absolute Gasteiger partial charge is 0.253 e. The highest BCUT2D eigenvalue weighted by Crippen LogP contribution is 2.23. The van der Waals surface area contributed by atoms with Gasteiger partial charge in [-0.2, -0.15) is 0 Å². The lowest BCUT2D eigenvalue weighted by Crippen LogP contribution is -2.64. The molecule has 1 aromatic rings. The third-order valence-corrected chi connectivity index (χ3v) is 5.66. The van der Waals surface area contributed by atoms with E-state index in [-0.39, 0.29) is 23.8 Å². The first-order valence-corrected chi connectivity index (χ1v) is 9.23. The van der Waals surface area contributed by atoms with Crippen LogP contribution in [0.2, 0.25) is 0 Å². The van der Waals surface area contributed by atoms with Crippen LogP contribution in [0, 0.1) is 0 Å². The minimum absolute atomic E-state index is 0.0509. The number of hydrogen-bond donors (Lipinski definition) is 0. The summed E-state index contributed by atoms with van der Waals surface area (Å²) in [6, 6.07) is 7.01. The fraction of sp³-hybridized carbons (Fsp3) is 0.526. The van der Waals surface area contributed by atoms with Crippen molar-refractivity contribution in [1.29, 1.82) is 0 Å². The molecule has 0 radical (unpaired) electrons. The van der Waals surface area contributed by atoms with Gasteiger partial charge in [-0.05, 0) is 30.7 Å². The second-order valence-corrected chi connectivity index (χ2v) is 7.26. The molecule has 3 heterocycles. The van der Waals surface area contributed by atoms with E-state index in [0.29, 0.717) is 25.1 Å². The average Bonchev–Trinajstić information content (AvgIpc) is 3.10. The molecule has 0 aromatic heterocycles. The van der Waals surface area contributed by atoms with Crippen molar-refractivity contribution in [2.24, 2.45) is 0 Å². The molecule has 0 unspecified atom stereocenters. The lowest BCUT2D eigenvalue weighted by molar-refractivity contribution is -0.142. The molecule has 3 saturated heterocycles. The zero-order chi connectivity index (χ0) is 18.3. The zero-order valence-corrected chi connectivity index (χ0v) is 15.1. The Bertz CT molecular complexity index is 733. The monoisotopic (exact) mass is 356 g/mol. The quantitative estimate of drug-likeness (QED) is 0.770. The Labute approximate surface area is 153 Å². The number of benzene rings is 1. The number of carbonyl (C=O) groups is 3. The van der Waals surface area contributed by atoms with E-state index in [9.17, 15) is 14.4 Å². The van der Waals surface area contributed by atoms with Crippen LogP contribution in [0.25, 0.3) is 0 Å². The molecule has 1 atom stereocenters. The number of carbonyl (C=O) groups excluding carboxylic acids is 3. The van der Waals surface area contributed by atoms with Crippen molar-refractivity contribution in [3.63, 3.8) is 0 Å². The van der Waals surface area contributed by atoms with E-state index in [1.165, 1.54) is 0 Å². The van der Waals surface area contributed by atoms with Gasteiger partial charge in [-0.1, -0.05) is 0 Å². The van der Waals surface area contributed by atoms with Crippen molar-refractivity contribution in [1.82, 2.24) is 14.7 Å². The molecule has 0 saturated carbocycles. The van der Waals surface area contributed by atoms with Crippen LogP contribution in [0.5, 0.6) is 0 Å². The van der Waals surface area contributed by atoms with Crippen LogP contribution in [-0.4, -0.2) is 84.8 Å². The Morgan fingerprint density at radius 2 is 1.73 bits per heavy atom. The summed E-state index contributed by atoms with van der Waals surface area (Å²) in [5.41, 5.74) is 1.45.